The zero-order valence-electron chi connectivity index (χ0n) is 8.42. The van der Waals surface area contributed by atoms with E-state index < -0.39 is 11.7 Å². The van der Waals surface area contributed by atoms with Gasteiger partial charge in [-0.2, -0.15) is 0 Å². The molecule has 0 radical (unpaired) electrons. The maximum atomic E-state index is 13.2. The lowest BCUT2D eigenvalue weighted by molar-refractivity contribution is -0.116. The van der Waals surface area contributed by atoms with Crippen molar-refractivity contribution in [3.8, 4) is 0 Å². The molecule has 0 heterocycles. The highest BCUT2D eigenvalue weighted by molar-refractivity contribution is 5.93. The van der Waals surface area contributed by atoms with Crippen molar-refractivity contribution >= 4 is 11.7 Å². The Balaban J connectivity index is 2.82. The predicted octanol–water partition coefficient (Wildman–Crippen LogP) is 1.45. The van der Waals surface area contributed by atoms with Gasteiger partial charge in [0.25, 0.3) is 5.91 Å². The maximum absolute atomic E-state index is 13.2. The number of aryl methyl sites for hydroxylation is 1. The fourth-order valence-electron chi connectivity index (χ4n) is 1.23. The molecular formula is C11H12FNO2. The second-order valence-corrected chi connectivity index (χ2v) is 3.38. The van der Waals surface area contributed by atoms with Gasteiger partial charge in [-0.3, -0.25) is 4.79 Å². The second-order valence-electron chi connectivity index (χ2n) is 3.38. The minimum absolute atomic E-state index is 0.0504. The summed E-state index contributed by atoms with van der Waals surface area (Å²) in [6, 6.07) is 4.18. The minimum atomic E-state index is -0.786. The van der Waals surface area contributed by atoms with Crippen LogP contribution in [0.25, 0.3) is 0 Å². The lowest BCUT2D eigenvalue weighted by Crippen LogP contribution is -2.13. The number of primary amides is 1. The molecule has 0 aliphatic carbocycles. The number of amides is 1. The Morgan fingerprint density at radius 2 is 2.07 bits per heavy atom. The molecule has 15 heavy (non-hydrogen) atoms. The topological polar surface area (TPSA) is 60.2 Å². The molecule has 80 valence electrons. The number of ketones is 1. The summed E-state index contributed by atoms with van der Waals surface area (Å²) in [7, 11) is 0. The van der Waals surface area contributed by atoms with Crippen LogP contribution in [0.4, 0.5) is 4.39 Å². The van der Waals surface area contributed by atoms with Crippen molar-refractivity contribution in [2.24, 2.45) is 5.73 Å². The number of carbonyl (C=O) groups is 2. The van der Waals surface area contributed by atoms with Gasteiger partial charge >= 0.3 is 0 Å². The minimum Gasteiger partial charge on any atom is -0.366 e. The van der Waals surface area contributed by atoms with E-state index in [1.165, 1.54) is 19.1 Å². The summed E-state index contributed by atoms with van der Waals surface area (Å²) in [4.78, 5) is 21.4. The molecule has 1 rings (SSSR count). The first-order valence-corrected chi connectivity index (χ1v) is 4.58. The zero-order chi connectivity index (χ0) is 11.4. The van der Waals surface area contributed by atoms with Crippen LogP contribution in [0.1, 0.15) is 29.3 Å². The highest BCUT2D eigenvalue weighted by Gasteiger charge is 2.08. The first kappa shape index (κ1) is 11.4. The molecule has 3 nitrogen and oxygen atoms in total. The quantitative estimate of drug-likeness (QED) is 0.815. The highest BCUT2D eigenvalue weighted by Crippen LogP contribution is 2.11. The maximum Gasteiger partial charge on any atom is 0.251 e. The number of Topliss-reactive ketones (excluding diaryl/α,β-unsaturated/α-hetero) is 1. The molecular weight excluding hydrogens is 197 g/mol. The molecule has 1 amide bonds. The van der Waals surface area contributed by atoms with Crippen LogP contribution in [-0.2, 0) is 11.2 Å². The molecule has 1 aromatic rings. The summed E-state index contributed by atoms with van der Waals surface area (Å²) in [5, 5.41) is 0. The van der Waals surface area contributed by atoms with Crippen molar-refractivity contribution in [3.63, 3.8) is 0 Å². The second kappa shape index (κ2) is 4.68. The molecule has 0 spiro atoms. The van der Waals surface area contributed by atoms with Gasteiger partial charge in [0.05, 0.1) is 5.56 Å². The van der Waals surface area contributed by atoms with Gasteiger partial charge in [-0.05, 0) is 31.0 Å². The van der Waals surface area contributed by atoms with Crippen LogP contribution in [0, 0.1) is 5.82 Å². The number of hydrogen-bond acceptors (Lipinski definition) is 2. The van der Waals surface area contributed by atoms with E-state index in [0.717, 1.165) is 0 Å². The molecule has 1 aromatic carbocycles. The van der Waals surface area contributed by atoms with Crippen LogP contribution in [0.3, 0.4) is 0 Å². The molecule has 0 aliphatic rings. The summed E-state index contributed by atoms with van der Waals surface area (Å²) in [5.74, 6) is -1.37. The van der Waals surface area contributed by atoms with Gasteiger partial charge in [0, 0.05) is 6.42 Å². The number of benzene rings is 1. The molecule has 2 N–H and O–H groups in total. The fourth-order valence-corrected chi connectivity index (χ4v) is 1.23. The van der Waals surface area contributed by atoms with Gasteiger partial charge in [-0.15, -0.1) is 0 Å². The van der Waals surface area contributed by atoms with E-state index >= 15 is 0 Å². The summed E-state index contributed by atoms with van der Waals surface area (Å²) in [6.45, 7) is 1.48. The van der Waals surface area contributed by atoms with Gasteiger partial charge < -0.3 is 10.5 Å². The number of halogens is 1. The molecule has 0 atom stereocenters. The Hall–Kier alpha value is -1.71. The molecule has 0 fully saturated rings. The van der Waals surface area contributed by atoms with Crippen molar-refractivity contribution in [1.82, 2.24) is 0 Å². The van der Waals surface area contributed by atoms with Gasteiger partial charge in [-0.25, -0.2) is 4.39 Å². The molecule has 0 unspecified atom stereocenters. The van der Waals surface area contributed by atoms with Crippen LogP contribution in [0.5, 0.6) is 0 Å². The average Bonchev–Trinajstić information content (AvgIpc) is 2.14. The molecule has 4 heteroatoms. The van der Waals surface area contributed by atoms with Crippen LogP contribution >= 0.6 is 0 Å². The molecule has 0 saturated carbocycles. The fraction of sp³-hybridized carbons (Fsp3) is 0.273. The van der Waals surface area contributed by atoms with Crippen LogP contribution in [0.15, 0.2) is 18.2 Å². The summed E-state index contributed by atoms with van der Waals surface area (Å²) >= 11 is 0. The van der Waals surface area contributed by atoms with Crippen LogP contribution in [-0.4, -0.2) is 11.7 Å². The van der Waals surface area contributed by atoms with Crippen molar-refractivity contribution < 1.29 is 14.0 Å². The first-order chi connectivity index (χ1) is 7.00. The van der Waals surface area contributed by atoms with Crippen LogP contribution < -0.4 is 5.73 Å². The van der Waals surface area contributed by atoms with E-state index in [2.05, 4.69) is 0 Å². The van der Waals surface area contributed by atoms with E-state index in [1.807, 2.05) is 0 Å². The van der Waals surface area contributed by atoms with Crippen LogP contribution in [0.2, 0.25) is 0 Å². The van der Waals surface area contributed by atoms with E-state index in [1.54, 1.807) is 6.07 Å². The van der Waals surface area contributed by atoms with E-state index in [9.17, 15) is 14.0 Å². The summed E-state index contributed by atoms with van der Waals surface area (Å²) in [5.41, 5.74) is 5.52. The summed E-state index contributed by atoms with van der Waals surface area (Å²) < 4.78 is 13.2. The average molecular weight is 209 g/mol. The van der Waals surface area contributed by atoms with E-state index in [0.29, 0.717) is 18.4 Å². The molecule has 0 saturated heterocycles. The van der Waals surface area contributed by atoms with Crippen molar-refractivity contribution in [2.45, 2.75) is 19.8 Å². The lowest BCUT2D eigenvalue weighted by atomic mass is 10.1. The smallest absolute Gasteiger partial charge is 0.251 e. The molecule has 0 aromatic heterocycles. The SMILES string of the molecule is CC(=O)CCc1ccc(C(N)=O)c(F)c1. The number of hydrogen-bond donors (Lipinski definition) is 1. The van der Waals surface area contributed by atoms with E-state index in [-0.39, 0.29) is 11.3 Å². The third-order valence-corrected chi connectivity index (χ3v) is 2.06. The first-order valence-electron chi connectivity index (χ1n) is 4.58. The van der Waals surface area contributed by atoms with Gasteiger partial charge in [0.1, 0.15) is 11.6 Å². The standard InChI is InChI=1S/C11H12FNO2/c1-7(14)2-3-8-4-5-9(11(13)15)10(12)6-8/h4-6H,2-3H2,1H3,(H2,13,15). The van der Waals surface area contributed by atoms with Gasteiger partial charge in [0.2, 0.25) is 0 Å². The Morgan fingerprint density at radius 3 is 2.53 bits per heavy atom. The lowest BCUT2D eigenvalue weighted by Gasteiger charge is -2.02. The van der Waals surface area contributed by atoms with Crippen molar-refractivity contribution in [1.29, 1.82) is 0 Å². The third kappa shape index (κ3) is 3.16. The van der Waals surface area contributed by atoms with Crippen molar-refractivity contribution in [3.05, 3.63) is 35.1 Å². The predicted molar refractivity (Wildman–Crippen MR) is 53.9 cm³/mol. The Morgan fingerprint density at radius 1 is 1.40 bits per heavy atom. The number of nitrogens with two attached hydrogens (primary N) is 1. The Kier molecular flexibility index (Phi) is 3.55. The third-order valence-electron chi connectivity index (χ3n) is 2.06. The van der Waals surface area contributed by atoms with Crippen molar-refractivity contribution in [2.75, 3.05) is 0 Å². The summed E-state index contributed by atoms with van der Waals surface area (Å²) in [6.07, 6.45) is 0.848. The Labute approximate surface area is 87.1 Å². The Bertz CT molecular complexity index is 402. The normalized spacial score (nSPS) is 10.0. The monoisotopic (exact) mass is 209 g/mol. The number of rotatable bonds is 4. The zero-order valence-corrected chi connectivity index (χ0v) is 8.42. The van der Waals surface area contributed by atoms with Gasteiger partial charge in [0.15, 0.2) is 0 Å². The highest BCUT2D eigenvalue weighted by atomic mass is 19.1. The number of carbonyl (C=O) groups excluding carboxylic acids is 2. The largest absolute Gasteiger partial charge is 0.366 e. The molecule has 0 aliphatic heterocycles. The van der Waals surface area contributed by atoms with E-state index in [4.69, 9.17) is 5.73 Å². The van der Waals surface area contributed by atoms with Gasteiger partial charge in [-0.1, -0.05) is 6.07 Å². The molecule has 0 bridgehead atoms.